The Morgan fingerprint density at radius 1 is 1.16 bits per heavy atom. The second-order valence-corrected chi connectivity index (χ2v) is 14.6. The van der Waals surface area contributed by atoms with Gasteiger partial charge in [-0.2, -0.15) is 0 Å². The summed E-state index contributed by atoms with van der Waals surface area (Å²) in [6.07, 6.45) is 20.2. The van der Waals surface area contributed by atoms with E-state index in [1.54, 1.807) is 0 Å². The Morgan fingerprint density at radius 3 is 2.77 bits per heavy atom. The van der Waals surface area contributed by atoms with E-state index in [4.69, 9.17) is 21.3 Å². The zero-order valence-corrected chi connectivity index (χ0v) is 27.4. The number of aliphatic imine (C=N–C) groups is 1. The van der Waals surface area contributed by atoms with Crippen LogP contribution in [0.25, 0.3) is 5.57 Å². The van der Waals surface area contributed by atoms with E-state index in [0.29, 0.717) is 18.4 Å². The Morgan fingerprint density at radius 2 is 2.00 bits per heavy atom. The summed E-state index contributed by atoms with van der Waals surface area (Å²) >= 11 is 6.26. The molecule has 44 heavy (non-hydrogen) atoms. The first kappa shape index (κ1) is 31.6. The second kappa shape index (κ2) is 13.9. The smallest absolute Gasteiger partial charge is 0.226 e. The number of nitrogens with zero attached hydrogens (tertiary/aromatic N) is 3. The first-order valence-electron chi connectivity index (χ1n) is 17.0. The molecule has 2 aliphatic carbocycles. The molecular weight excluding hydrogens is 570 g/mol. The lowest BCUT2D eigenvalue weighted by Gasteiger charge is -2.35. The average Bonchev–Trinajstić information content (AvgIpc) is 3.44. The van der Waals surface area contributed by atoms with Crippen molar-refractivity contribution < 1.29 is 14.6 Å². The Kier molecular flexibility index (Phi) is 9.99. The molecule has 1 saturated carbocycles. The van der Waals surface area contributed by atoms with Crippen molar-refractivity contribution in [2.75, 3.05) is 32.8 Å². The Labute approximate surface area is 268 Å². The Balaban J connectivity index is 1.17. The summed E-state index contributed by atoms with van der Waals surface area (Å²) in [4.78, 5) is 23.5. The fraction of sp³-hybridized carbons (Fsp3) is 0.622. The van der Waals surface area contributed by atoms with Gasteiger partial charge in [0, 0.05) is 54.7 Å². The largest absolute Gasteiger partial charge is 0.491 e. The van der Waals surface area contributed by atoms with E-state index in [9.17, 15) is 9.90 Å². The summed E-state index contributed by atoms with van der Waals surface area (Å²) in [5, 5.41) is 11.7. The third-order valence-corrected chi connectivity index (χ3v) is 10.8. The van der Waals surface area contributed by atoms with Gasteiger partial charge < -0.3 is 19.6 Å². The summed E-state index contributed by atoms with van der Waals surface area (Å²) in [5.41, 5.74) is 3.72. The predicted molar refractivity (Wildman–Crippen MR) is 179 cm³/mol. The van der Waals surface area contributed by atoms with Crippen LogP contribution in [-0.2, 0) is 10.4 Å². The zero-order chi connectivity index (χ0) is 30.7. The lowest BCUT2D eigenvalue weighted by molar-refractivity contribution is -0.138. The standard InChI is InChI=1S/C37H50ClN3O3/c1-37(2,43)28-14-17-35-33(22-28)31(32-10-6-19-39-34(32)25-44-35)11-7-20-40-21-18-30(24-40)41(23-26-12-15-29(38)16-13-26)36(42)27-8-4-3-5-9-27/h11-12,14-15,17,19,22,27,30,32,34,43H,3-10,13,16,18,20-21,23-25H2,1-2H3/b31-11+/t30-,32?,34?/m0/s1. The molecule has 1 aromatic carbocycles. The number of hydrogen-bond acceptors (Lipinski definition) is 5. The van der Waals surface area contributed by atoms with Gasteiger partial charge in [-0.1, -0.05) is 54.7 Å². The van der Waals surface area contributed by atoms with Crippen LogP contribution in [0.2, 0.25) is 0 Å². The molecule has 0 spiro atoms. The normalized spacial score (nSPS) is 27.2. The molecule has 3 heterocycles. The topological polar surface area (TPSA) is 65.4 Å². The van der Waals surface area contributed by atoms with Crippen molar-refractivity contribution in [3.8, 4) is 5.75 Å². The van der Waals surface area contributed by atoms with Crippen LogP contribution >= 0.6 is 11.6 Å². The van der Waals surface area contributed by atoms with Crippen LogP contribution in [0.15, 0.2) is 52.0 Å². The number of ether oxygens (including phenoxy) is 1. The molecule has 6 rings (SSSR count). The van der Waals surface area contributed by atoms with Crippen LogP contribution in [0.3, 0.4) is 0 Å². The van der Waals surface area contributed by atoms with Crippen molar-refractivity contribution in [2.24, 2.45) is 16.8 Å². The molecule has 1 saturated heterocycles. The van der Waals surface area contributed by atoms with Gasteiger partial charge in [0.05, 0.1) is 11.6 Å². The first-order chi connectivity index (χ1) is 21.3. The molecule has 2 unspecified atom stereocenters. The number of carbonyl (C=O) groups excluding carboxylic acids is 1. The van der Waals surface area contributed by atoms with Crippen molar-refractivity contribution in [3.63, 3.8) is 0 Å². The molecule has 0 aromatic heterocycles. The third kappa shape index (κ3) is 7.35. The third-order valence-electron chi connectivity index (χ3n) is 10.5. The highest BCUT2D eigenvalue weighted by Crippen LogP contribution is 2.42. The van der Waals surface area contributed by atoms with Crippen LogP contribution < -0.4 is 4.74 Å². The fourth-order valence-corrected chi connectivity index (χ4v) is 7.99. The number of halogens is 1. The number of likely N-dealkylation sites (tertiary alicyclic amines) is 1. The highest BCUT2D eigenvalue weighted by atomic mass is 35.5. The van der Waals surface area contributed by atoms with Crippen LogP contribution in [-0.4, -0.2) is 71.9 Å². The minimum Gasteiger partial charge on any atom is -0.491 e. The average molecular weight is 620 g/mol. The fourth-order valence-electron chi connectivity index (χ4n) is 7.83. The van der Waals surface area contributed by atoms with Crippen molar-refractivity contribution in [3.05, 3.63) is 58.2 Å². The van der Waals surface area contributed by atoms with Crippen molar-refractivity contribution in [1.29, 1.82) is 0 Å². The molecule has 3 atom stereocenters. The van der Waals surface area contributed by atoms with Gasteiger partial charge in [-0.25, -0.2) is 0 Å². The maximum atomic E-state index is 13.9. The summed E-state index contributed by atoms with van der Waals surface area (Å²) < 4.78 is 6.28. The van der Waals surface area contributed by atoms with Crippen molar-refractivity contribution in [2.45, 2.75) is 102 Å². The van der Waals surface area contributed by atoms with Gasteiger partial charge in [-0.3, -0.25) is 9.79 Å². The summed E-state index contributed by atoms with van der Waals surface area (Å²) in [5.74, 6) is 1.77. The molecule has 2 fully saturated rings. The number of hydrogen-bond donors (Lipinski definition) is 1. The van der Waals surface area contributed by atoms with E-state index >= 15 is 0 Å². The summed E-state index contributed by atoms with van der Waals surface area (Å²) in [6.45, 7) is 7.93. The Bertz CT molecular complexity index is 1320. The minimum atomic E-state index is -0.918. The maximum Gasteiger partial charge on any atom is 0.226 e. The van der Waals surface area contributed by atoms with Gasteiger partial charge in [-0.15, -0.1) is 0 Å². The monoisotopic (exact) mass is 619 g/mol. The quantitative estimate of drug-likeness (QED) is 0.333. The number of rotatable bonds is 8. The number of amides is 1. The lowest BCUT2D eigenvalue weighted by atomic mass is 9.81. The predicted octanol–water partition coefficient (Wildman–Crippen LogP) is 7.26. The number of aliphatic hydroxyl groups is 1. The number of fused-ring (bicyclic) bond motifs is 2. The molecule has 7 heteroatoms. The lowest BCUT2D eigenvalue weighted by Crippen LogP contribution is -2.46. The number of carbonyl (C=O) groups is 1. The molecule has 238 valence electrons. The van der Waals surface area contributed by atoms with Crippen LogP contribution in [0, 0.1) is 11.8 Å². The minimum absolute atomic E-state index is 0.127. The van der Waals surface area contributed by atoms with Gasteiger partial charge >= 0.3 is 0 Å². The highest BCUT2D eigenvalue weighted by molar-refractivity contribution is 6.29. The van der Waals surface area contributed by atoms with Gasteiger partial charge in [0.25, 0.3) is 0 Å². The molecule has 1 N–H and O–H groups in total. The summed E-state index contributed by atoms with van der Waals surface area (Å²) in [6, 6.07) is 6.52. The Hall–Kier alpha value is -2.41. The number of benzene rings is 1. The van der Waals surface area contributed by atoms with E-state index in [2.05, 4.69) is 34.2 Å². The van der Waals surface area contributed by atoms with E-state index in [-0.39, 0.29) is 18.0 Å². The van der Waals surface area contributed by atoms with E-state index < -0.39 is 5.60 Å². The molecule has 3 aliphatic heterocycles. The highest BCUT2D eigenvalue weighted by Gasteiger charge is 2.36. The first-order valence-corrected chi connectivity index (χ1v) is 17.4. The SMILES string of the molecule is CC(C)(O)c1ccc2c(c1)/C(=C/CCN1CC[C@H](N(CC3=CC=C(Cl)CC3)C(=O)C3CCCCC3)C1)C1CCC=NC1CO2. The van der Waals surface area contributed by atoms with Gasteiger partial charge in [0.15, 0.2) is 0 Å². The van der Waals surface area contributed by atoms with E-state index in [1.165, 1.54) is 30.4 Å². The zero-order valence-electron chi connectivity index (χ0n) is 26.6. The summed E-state index contributed by atoms with van der Waals surface area (Å²) in [7, 11) is 0. The molecule has 0 radical (unpaired) electrons. The second-order valence-electron chi connectivity index (χ2n) is 14.1. The molecule has 6 nitrogen and oxygen atoms in total. The van der Waals surface area contributed by atoms with E-state index in [1.807, 2.05) is 32.1 Å². The molecule has 0 bridgehead atoms. The van der Waals surface area contributed by atoms with Gasteiger partial charge in [0.2, 0.25) is 5.91 Å². The molecule has 1 aromatic rings. The van der Waals surface area contributed by atoms with Crippen LogP contribution in [0.5, 0.6) is 5.75 Å². The van der Waals surface area contributed by atoms with Crippen molar-refractivity contribution in [1.82, 2.24) is 9.80 Å². The molecule has 1 amide bonds. The van der Waals surface area contributed by atoms with Gasteiger partial charge in [-0.05, 0) is 101 Å². The van der Waals surface area contributed by atoms with Crippen molar-refractivity contribution >= 4 is 29.3 Å². The number of allylic oxidation sites excluding steroid dienone is 3. The maximum absolute atomic E-state index is 13.9. The molecular formula is C37H50ClN3O3. The van der Waals surface area contributed by atoms with Crippen LogP contribution in [0.1, 0.15) is 95.6 Å². The molecule has 5 aliphatic rings. The van der Waals surface area contributed by atoms with E-state index in [0.717, 1.165) is 99.5 Å². The van der Waals surface area contributed by atoms with Gasteiger partial charge in [0.1, 0.15) is 12.4 Å². The van der Waals surface area contributed by atoms with Crippen LogP contribution in [0.4, 0.5) is 0 Å².